The molecule has 0 aliphatic heterocycles. The first-order valence-electron chi connectivity index (χ1n) is 7.46. The summed E-state index contributed by atoms with van der Waals surface area (Å²) in [7, 11) is 3.03. The van der Waals surface area contributed by atoms with Gasteiger partial charge < -0.3 is 14.8 Å². The molecule has 7 heteroatoms. The van der Waals surface area contributed by atoms with Gasteiger partial charge in [0, 0.05) is 17.2 Å². The quantitative estimate of drug-likeness (QED) is 0.876. The van der Waals surface area contributed by atoms with Crippen molar-refractivity contribution in [2.24, 2.45) is 0 Å². The lowest BCUT2D eigenvalue weighted by Crippen LogP contribution is -2.27. The Morgan fingerprint density at radius 2 is 1.68 bits per heavy atom. The van der Waals surface area contributed by atoms with E-state index in [4.69, 9.17) is 9.47 Å². The van der Waals surface area contributed by atoms with E-state index in [9.17, 15) is 18.0 Å². The Labute approximate surface area is 143 Å². The molecule has 1 N–H and O–H groups in total. The fraction of sp³-hybridized carbons (Fsp3) is 0.278. The molecule has 4 nitrogen and oxygen atoms in total. The number of carbonyl (C=O) groups is 1. The van der Waals surface area contributed by atoms with Crippen molar-refractivity contribution >= 4 is 5.91 Å². The number of carbonyl (C=O) groups excluding carboxylic acids is 1. The minimum absolute atomic E-state index is 0.146. The van der Waals surface area contributed by atoms with Crippen LogP contribution in [0.15, 0.2) is 42.5 Å². The molecule has 1 atom stereocenters. The lowest BCUT2D eigenvalue weighted by Gasteiger charge is -2.18. The van der Waals surface area contributed by atoms with Gasteiger partial charge in [-0.15, -0.1) is 0 Å². The molecule has 0 fully saturated rings. The van der Waals surface area contributed by atoms with E-state index in [1.807, 2.05) is 0 Å². The van der Waals surface area contributed by atoms with Gasteiger partial charge in [0.2, 0.25) is 0 Å². The third-order valence-electron chi connectivity index (χ3n) is 3.73. The SMILES string of the molecule is COc1ccc(C(C)NC(=O)c2ccc(C(F)(F)F)cc2)c(OC)c1. The molecule has 2 rings (SSSR count). The lowest BCUT2D eigenvalue weighted by molar-refractivity contribution is -0.137. The fourth-order valence-corrected chi connectivity index (χ4v) is 2.34. The molecule has 0 bridgehead atoms. The van der Waals surface area contributed by atoms with Crippen molar-refractivity contribution in [3.05, 3.63) is 59.2 Å². The largest absolute Gasteiger partial charge is 0.497 e. The maximum Gasteiger partial charge on any atom is 0.416 e. The Hall–Kier alpha value is -2.70. The van der Waals surface area contributed by atoms with Crippen molar-refractivity contribution in [2.75, 3.05) is 14.2 Å². The lowest BCUT2D eigenvalue weighted by atomic mass is 10.1. The van der Waals surface area contributed by atoms with Gasteiger partial charge in [-0.05, 0) is 43.3 Å². The minimum Gasteiger partial charge on any atom is -0.497 e. The van der Waals surface area contributed by atoms with Gasteiger partial charge in [-0.1, -0.05) is 0 Å². The number of nitrogens with one attached hydrogen (secondary N) is 1. The molecular weight excluding hydrogens is 335 g/mol. The molecule has 0 saturated heterocycles. The van der Waals surface area contributed by atoms with Crippen LogP contribution in [-0.4, -0.2) is 20.1 Å². The molecule has 0 aliphatic carbocycles. The third-order valence-corrected chi connectivity index (χ3v) is 3.73. The highest BCUT2D eigenvalue weighted by Crippen LogP contribution is 2.30. The second-order valence-corrected chi connectivity index (χ2v) is 5.38. The van der Waals surface area contributed by atoms with E-state index in [-0.39, 0.29) is 5.56 Å². The molecule has 0 heterocycles. The number of rotatable bonds is 5. The van der Waals surface area contributed by atoms with Gasteiger partial charge in [0.1, 0.15) is 11.5 Å². The number of hydrogen-bond donors (Lipinski definition) is 1. The molecule has 25 heavy (non-hydrogen) atoms. The van der Waals surface area contributed by atoms with Crippen LogP contribution in [0.3, 0.4) is 0 Å². The van der Waals surface area contributed by atoms with Crippen molar-refractivity contribution < 1.29 is 27.4 Å². The average Bonchev–Trinajstić information content (AvgIpc) is 2.60. The summed E-state index contributed by atoms with van der Waals surface area (Å²) in [6.45, 7) is 1.76. The summed E-state index contributed by atoms with van der Waals surface area (Å²) >= 11 is 0. The summed E-state index contributed by atoms with van der Waals surface area (Å²) < 4.78 is 48.1. The highest BCUT2D eigenvalue weighted by atomic mass is 19.4. The van der Waals surface area contributed by atoms with Crippen LogP contribution in [0, 0.1) is 0 Å². The molecule has 0 radical (unpaired) electrons. The van der Waals surface area contributed by atoms with Crippen molar-refractivity contribution in [1.29, 1.82) is 0 Å². The molecule has 2 aromatic rings. The summed E-state index contributed by atoms with van der Waals surface area (Å²) in [5.41, 5.74) is 0.0739. The number of methoxy groups -OCH3 is 2. The summed E-state index contributed by atoms with van der Waals surface area (Å²) in [6, 6.07) is 8.84. The number of benzene rings is 2. The molecule has 134 valence electrons. The number of halogens is 3. The van der Waals surface area contributed by atoms with E-state index >= 15 is 0 Å². The smallest absolute Gasteiger partial charge is 0.416 e. The van der Waals surface area contributed by atoms with Crippen LogP contribution in [0.5, 0.6) is 11.5 Å². The van der Waals surface area contributed by atoms with Gasteiger partial charge in [-0.3, -0.25) is 4.79 Å². The second-order valence-electron chi connectivity index (χ2n) is 5.38. The van der Waals surface area contributed by atoms with E-state index < -0.39 is 23.7 Å². The minimum atomic E-state index is -4.43. The first kappa shape index (κ1) is 18.6. The normalized spacial score (nSPS) is 12.4. The van der Waals surface area contributed by atoms with Gasteiger partial charge in [0.05, 0.1) is 25.8 Å². The van der Waals surface area contributed by atoms with Crippen LogP contribution >= 0.6 is 0 Å². The maximum absolute atomic E-state index is 12.6. The van der Waals surface area contributed by atoms with Crippen molar-refractivity contribution in [3.63, 3.8) is 0 Å². The van der Waals surface area contributed by atoms with Crippen LogP contribution in [0.1, 0.15) is 34.5 Å². The molecule has 0 aromatic heterocycles. The fourth-order valence-electron chi connectivity index (χ4n) is 2.34. The first-order valence-corrected chi connectivity index (χ1v) is 7.46. The standard InChI is InChI=1S/C18H18F3NO3/c1-11(15-9-8-14(24-2)10-16(15)25-3)22-17(23)12-4-6-13(7-5-12)18(19,20)21/h4-11H,1-3H3,(H,22,23). The van der Waals surface area contributed by atoms with E-state index in [2.05, 4.69) is 5.32 Å². The number of alkyl halides is 3. The topological polar surface area (TPSA) is 47.6 Å². The van der Waals surface area contributed by atoms with Crippen molar-refractivity contribution in [1.82, 2.24) is 5.32 Å². The zero-order valence-electron chi connectivity index (χ0n) is 14.0. The predicted octanol–water partition coefficient (Wildman–Crippen LogP) is 4.21. The predicted molar refractivity (Wildman–Crippen MR) is 86.9 cm³/mol. The molecule has 0 aliphatic rings. The maximum atomic E-state index is 12.6. The Morgan fingerprint density at radius 1 is 1.04 bits per heavy atom. The highest BCUT2D eigenvalue weighted by molar-refractivity contribution is 5.94. The molecule has 0 spiro atoms. The van der Waals surface area contributed by atoms with E-state index in [1.54, 1.807) is 25.1 Å². The van der Waals surface area contributed by atoms with Gasteiger partial charge in [0.15, 0.2) is 0 Å². The molecule has 2 aromatic carbocycles. The monoisotopic (exact) mass is 353 g/mol. The Morgan fingerprint density at radius 3 is 2.20 bits per heavy atom. The second kappa shape index (κ2) is 7.46. The number of hydrogen-bond acceptors (Lipinski definition) is 3. The van der Waals surface area contributed by atoms with Gasteiger partial charge in [-0.2, -0.15) is 13.2 Å². The Balaban J connectivity index is 2.15. The molecule has 1 unspecified atom stereocenters. The molecular formula is C18H18F3NO3. The van der Waals surface area contributed by atoms with Crippen molar-refractivity contribution in [3.8, 4) is 11.5 Å². The van der Waals surface area contributed by atoms with Gasteiger partial charge >= 0.3 is 6.18 Å². The van der Waals surface area contributed by atoms with Gasteiger partial charge in [-0.25, -0.2) is 0 Å². The molecule has 1 amide bonds. The average molecular weight is 353 g/mol. The first-order chi connectivity index (χ1) is 11.8. The Kier molecular flexibility index (Phi) is 5.56. The summed E-state index contributed by atoms with van der Waals surface area (Å²) in [5, 5.41) is 2.74. The van der Waals surface area contributed by atoms with Crippen LogP contribution in [0.25, 0.3) is 0 Å². The highest BCUT2D eigenvalue weighted by Gasteiger charge is 2.30. The van der Waals surface area contributed by atoms with Crippen LogP contribution in [0.2, 0.25) is 0 Å². The van der Waals surface area contributed by atoms with E-state index in [0.29, 0.717) is 11.5 Å². The van der Waals surface area contributed by atoms with E-state index in [1.165, 1.54) is 14.2 Å². The number of ether oxygens (including phenoxy) is 2. The number of amides is 1. The Bertz CT molecular complexity index is 742. The van der Waals surface area contributed by atoms with Crippen LogP contribution in [-0.2, 0) is 6.18 Å². The van der Waals surface area contributed by atoms with E-state index in [0.717, 1.165) is 29.8 Å². The van der Waals surface area contributed by atoms with Gasteiger partial charge in [0.25, 0.3) is 5.91 Å². The summed E-state index contributed by atoms with van der Waals surface area (Å²) in [6.07, 6.45) is -4.43. The zero-order valence-corrected chi connectivity index (χ0v) is 14.0. The summed E-state index contributed by atoms with van der Waals surface area (Å²) in [4.78, 5) is 12.3. The zero-order chi connectivity index (χ0) is 18.6. The third kappa shape index (κ3) is 4.43. The molecule has 0 saturated carbocycles. The van der Waals surface area contributed by atoms with Crippen LogP contribution in [0.4, 0.5) is 13.2 Å². The van der Waals surface area contributed by atoms with Crippen molar-refractivity contribution in [2.45, 2.75) is 19.1 Å². The summed E-state index contributed by atoms with van der Waals surface area (Å²) in [5.74, 6) is 0.681. The van der Waals surface area contributed by atoms with Crippen LogP contribution < -0.4 is 14.8 Å².